The second kappa shape index (κ2) is 7.41. The van der Waals surface area contributed by atoms with Crippen LogP contribution in [0.3, 0.4) is 0 Å². The molecule has 0 bridgehead atoms. The number of likely N-dealkylation sites (tertiary alicyclic amines) is 1. The van der Waals surface area contributed by atoms with E-state index in [4.69, 9.17) is 5.10 Å². The molecule has 1 fully saturated rings. The van der Waals surface area contributed by atoms with Crippen molar-refractivity contribution in [1.29, 1.82) is 0 Å². The standard InChI is InChI=1S/C22H28N4O2/c1-15-9-11-17(12-10-15)26-19-8-4-7-18(19)20(23-26)22(28)25-13-5-6-16(14-25)21(27)24(2)3/h9-12,16H,4-8,13-14H2,1-3H3. The average molecular weight is 380 g/mol. The van der Waals surface area contributed by atoms with E-state index in [2.05, 4.69) is 31.2 Å². The smallest absolute Gasteiger partial charge is 0.274 e. The normalized spacial score (nSPS) is 18.8. The number of fused-ring (bicyclic) bond motifs is 1. The second-order valence-electron chi connectivity index (χ2n) is 8.20. The van der Waals surface area contributed by atoms with Crippen LogP contribution in [0, 0.1) is 12.8 Å². The molecule has 1 aromatic heterocycles. The van der Waals surface area contributed by atoms with Gasteiger partial charge in [-0.15, -0.1) is 0 Å². The summed E-state index contributed by atoms with van der Waals surface area (Å²) in [4.78, 5) is 29.2. The number of piperidine rings is 1. The molecule has 1 saturated heterocycles. The van der Waals surface area contributed by atoms with Crippen LogP contribution in [0.1, 0.15) is 46.6 Å². The molecule has 2 amide bonds. The van der Waals surface area contributed by atoms with E-state index in [1.807, 2.05) is 9.58 Å². The second-order valence-corrected chi connectivity index (χ2v) is 8.20. The van der Waals surface area contributed by atoms with E-state index in [9.17, 15) is 9.59 Å². The van der Waals surface area contributed by atoms with Crippen LogP contribution in [0.4, 0.5) is 0 Å². The molecule has 1 aliphatic carbocycles. The van der Waals surface area contributed by atoms with Crippen molar-refractivity contribution in [2.45, 2.75) is 39.0 Å². The van der Waals surface area contributed by atoms with E-state index in [0.717, 1.165) is 49.0 Å². The molecule has 0 radical (unpaired) electrons. The number of hydrogen-bond acceptors (Lipinski definition) is 3. The van der Waals surface area contributed by atoms with E-state index in [0.29, 0.717) is 18.8 Å². The first-order valence-corrected chi connectivity index (χ1v) is 10.1. The van der Waals surface area contributed by atoms with Crippen LogP contribution in [-0.2, 0) is 17.6 Å². The summed E-state index contributed by atoms with van der Waals surface area (Å²) in [5.74, 6) is -0.0342. The van der Waals surface area contributed by atoms with Gasteiger partial charge in [-0.1, -0.05) is 17.7 Å². The van der Waals surface area contributed by atoms with Crippen LogP contribution in [0.5, 0.6) is 0 Å². The largest absolute Gasteiger partial charge is 0.349 e. The molecular formula is C22H28N4O2. The molecule has 6 heteroatoms. The number of carbonyl (C=O) groups excluding carboxylic acids is 2. The summed E-state index contributed by atoms with van der Waals surface area (Å²) in [5.41, 5.74) is 5.03. The molecule has 28 heavy (non-hydrogen) atoms. The van der Waals surface area contributed by atoms with Crippen molar-refractivity contribution in [2.75, 3.05) is 27.2 Å². The minimum Gasteiger partial charge on any atom is -0.349 e. The molecular weight excluding hydrogens is 352 g/mol. The number of aromatic nitrogens is 2. The lowest BCUT2D eigenvalue weighted by atomic mass is 9.96. The summed E-state index contributed by atoms with van der Waals surface area (Å²) < 4.78 is 1.95. The van der Waals surface area contributed by atoms with Crippen LogP contribution in [-0.4, -0.2) is 58.6 Å². The Morgan fingerprint density at radius 3 is 2.57 bits per heavy atom. The van der Waals surface area contributed by atoms with Crippen molar-refractivity contribution in [3.63, 3.8) is 0 Å². The third kappa shape index (κ3) is 3.32. The first kappa shape index (κ1) is 18.7. The number of carbonyl (C=O) groups is 2. The summed E-state index contributed by atoms with van der Waals surface area (Å²) in [6.07, 6.45) is 4.61. The Balaban J connectivity index is 1.62. The Labute approximate surface area is 166 Å². The van der Waals surface area contributed by atoms with Crippen LogP contribution in [0.2, 0.25) is 0 Å². The van der Waals surface area contributed by atoms with Gasteiger partial charge in [-0.25, -0.2) is 4.68 Å². The van der Waals surface area contributed by atoms with Gasteiger partial charge in [0.05, 0.1) is 11.6 Å². The summed E-state index contributed by atoms with van der Waals surface area (Å²) >= 11 is 0. The molecule has 1 aromatic carbocycles. The van der Waals surface area contributed by atoms with E-state index in [-0.39, 0.29) is 17.7 Å². The minimum absolute atomic E-state index is 0.0275. The van der Waals surface area contributed by atoms with Crippen molar-refractivity contribution in [3.8, 4) is 5.69 Å². The van der Waals surface area contributed by atoms with Crippen molar-refractivity contribution >= 4 is 11.8 Å². The van der Waals surface area contributed by atoms with Gasteiger partial charge >= 0.3 is 0 Å². The Morgan fingerprint density at radius 2 is 1.86 bits per heavy atom. The first-order chi connectivity index (χ1) is 13.5. The van der Waals surface area contributed by atoms with Crippen LogP contribution >= 0.6 is 0 Å². The Bertz CT molecular complexity index is 898. The van der Waals surface area contributed by atoms with Gasteiger partial charge in [0.1, 0.15) is 0 Å². The average Bonchev–Trinajstić information content (AvgIpc) is 3.30. The SMILES string of the molecule is Cc1ccc(-n2nc(C(=O)N3CCCC(C(=O)N(C)C)C3)c3c2CCC3)cc1. The lowest BCUT2D eigenvalue weighted by Gasteiger charge is -2.33. The number of amides is 2. The minimum atomic E-state index is -0.111. The van der Waals surface area contributed by atoms with Gasteiger partial charge in [-0.3, -0.25) is 9.59 Å². The zero-order chi connectivity index (χ0) is 19.8. The zero-order valence-electron chi connectivity index (χ0n) is 16.9. The number of rotatable bonds is 3. The maximum Gasteiger partial charge on any atom is 0.274 e. The Hall–Kier alpha value is -2.63. The Morgan fingerprint density at radius 1 is 1.11 bits per heavy atom. The van der Waals surface area contributed by atoms with Gasteiger partial charge in [-0.2, -0.15) is 5.10 Å². The molecule has 0 spiro atoms. The summed E-state index contributed by atoms with van der Waals surface area (Å²) in [6.45, 7) is 3.25. The van der Waals surface area contributed by atoms with Crippen LogP contribution in [0.15, 0.2) is 24.3 Å². The molecule has 4 rings (SSSR count). The maximum absolute atomic E-state index is 13.3. The summed E-state index contributed by atoms with van der Waals surface area (Å²) in [5, 5.41) is 4.74. The van der Waals surface area contributed by atoms with Gasteiger partial charge in [0, 0.05) is 38.4 Å². The van der Waals surface area contributed by atoms with E-state index in [1.54, 1.807) is 19.0 Å². The number of aryl methyl sites for hydroxylation is 1. The molecule has 2 heterocycles. The van der Waals surface area contributed by atoms with Crippen LogP contribution in [0.25, 0.3) is 5.69 Å². The highest BCUT2D eigenvalue weighted by Crippen LogP contribution is 2.30. The summed E-state index contributed by atoms with van der Waals surface area (Å²) in [7, 11) is 3.55. The van der Waals surface area contributed by atoms with Crippen molar-refractivity contribution in [1.82, 2.24) is 19.6 Å². The van der Waals surface area contributed by atoms with Crippen molar-refractivity contribution < 1.29 is 9.59 Å². The van der Waals surface area contributed by atoms with E-state index in [1.165, 1.54) is 5.56 Å². The highest BCUT2D eigenvalue weighted by molar-refractivity contribution is 5.95. The molecule has 6 nitrogen and oxygen atoms in total. The molecule has 1 aliphatic heterocycles. The third-order valence-electron chi connectivity index (χ3n) is 5.91. The highest BCUT2D eigenvalue weighted by atomic mass is 16.2. The monoisotopic (exact) mass is 380 g/mol. The summed E-state index contributed by atoms with van der Waals surface area (Å²) in [6, 6.07) is 8.26. The van der Waals surface area contributed by atoms with Crippen molar-refractivity contribution in [3.05, 3.63) is 46.8 Å². The van der Waals surface area contributed by atoms with Crippen molar-refractivity contribution in [2.24, 2.45) is 5.92 Å². The fourth-order valence-electron chi connectivity index (χ4n) is 4.39. The van der Waals surface area contributed by atoms with Gasteiger partial charge < -0.3 is 9.80 Å². The molecule has 2 aromatic rings. The zero-order valence-corrected chi connectivity index (χ0v) is 16.9. The predicted octanol–water partition coefficient (Wildman–Crippen LogP) is 2.61. The molecule has 0 saturated carbocycles. The fourth-order valence-corrected chi connectivity index (χ4v) is 4.39. The molecule has 1 atom stereocenters. The van der Waals surface area contributed by atoms with Gasteiger partial charge in [0.15, 0.2) is 5.69 Å². The fraction of sp³-hybridized carbons (Fsp3) is 0.500. The lowest BCUT2D eigenvalue weighted by Crippen LogP contribution is -2.45. The van der Waals surface area contributed by atoms with Gasteiger partial charge in [-0.05, 0) is 51.2 Å². The van der Waals surface area contributed by atoms with Gasteiger partial charge in [0.25, 0.3) is 5.91 Å². The predicted molar refractivity (Wildman–Crippen MR) is 108 cm³/mol. The molecule has 2 aliphatic rings. The van der Waals surface area contributed by atoms with Gasteiger partial charge in [0.2, 0.25) is 5.91 Å². The topological polar surface area (TPSA) is 58.4 Å². The van der Waals surface area contributed by atoms with E-state index >= 15 is 0 Å². The van der Waals surface area contributed by atoms with Crippen LogP contribution < -0.4 is 0 Å². The molecule has 0 N–H and O–H groups in total. The number of benzene rings is 1. The number of hydrogen-bond donors (Lipinski definition) is 0. The highest BCUT2D eigenvalue weighted by Gasteiger charge is 2.34. The molecule has 148 valence electrons. The quantitative estimate of drug-likeness (QED) is 0.822. The Kier molecular flexibility index (Phi) is 4.96. The number of nitrogens with zero attached hydrogens (tertiary/aromatic N) is 4. The van der Waals surface area contributed by atoms with E-state index < -0.39 is 0 Å². The third-order valence-corrected chi connectivity index (χ3v) is 5.91. The molecule has 1 unspecified atom stereocenters. The first-order valence-electron chi connectivity index (χ1n) is 10.1. The maximum atomic E-state index is 13.3. The lowest BCUT2D eigenvalue weighted by molar-refractivity contribution is -0.134.